The van der Waals surface area contributed by atoms with Crippen LogP contribution in [0.25, 0.3) is 22.2 Å². The predicted molar refractivity (Wildman–Crippen MR) is 130 cm³/mol. The van der Waals surface area contributed by atoms with E-state index in [1.807, 2.05) is 56.3 Å². The maximum atomic E-state index is 13.6. The van der Waals surface area contributed by atoms with Crippen molar-refractivity contribution < 1.29 is 8.42 Å². The van der Waals surface area contributed by atoms with Crippen LogP contribution in [0.3, 0.4) is 0 Å². The number of benzene rings is 3. The van der Waals surface area contributed by atoms with Crippen LogP contribution < -0.4 is 5.73 Å². The molecule has 0 atom stereocenters. The fourth-order valence-electron chi connectivity index (χ4n) is 3.69. The van der Waals surface area contributed by atoms with Gasteiger partial charge < -0.3 is 5.73 Å². The van der Waals surface area contributed by atoms with E-state index in [9.17, 15) is 8.42 Å². The van der Waals surface area contributed by atoms with Crippen molar-refractivity contribution in [1.82, 2.24) is 14.6 Å². The fourth-order valence-corrected chi connectivity index (χ4v) is 5.17. The Morgan fingerprint density at radius 2 is 1.52 bits per heavy atom. The van der Waals surface area contributed by atoms with Gasteiger partial charge in [-0.05, 0) is 49.2 Å². The minimum absolute atomic E-state index is 0.0364. The van der Waals surface area contributed by atoms with Gasteiger partial charge in [0, 0.05) is 0 Å². The fraction of sp³-hybridized carbons (Fsp3) is 0.0800. The monoisotopic (exact) mass is 455 g/mol. The van der Waals surface area contributed by atoms with Gasteiger partial charge in [0.1, 0.15) is 16.2 Å². The average molecular weight is 456 g/mol. The van der Waals surface area contributed by atoms with Gasteiger partial charge in [0.15, 0.2) is 5.65 Å². The van der Waals surface area contributed by atoms with Crippen molar-refractivity contribution in [3.63, 3.8) is 0 Å². The number of nitrogens with two attached hydrogens (primary N) is 1. The van der Waals surface area contributed by atoms with E-state index in [-0.39, 0.29) is 26.8 Å². The number of aromatic nitrogens is 3. The van der Waals surface area contributed by atoms with E-state index < -0.39 is 9.84 Å². The number of aryl methyl sites for hydroxylation is 2. The number of hydrogen-bond donors (Lipinski definition) is 1. The molecule has 7 nitrogen and oxygen atoms in total. The number of nitrogen functional groups attached to an aromatic ring is 1. The second kappa shape index (κ2) is 7.83. The molecule has 0 spiro atoms. The highest BCUT2D eigenvalue weighted by atomic mass is 32.2. The summed E-state index contributed by atoms with van der Waals surface area (Å²) in [5.41, 5.74) is 11.0. The third kappa shape index (κ3) is 3.54. The Bertz CT molecular complexity index is 1650. The molecule has 2 heterocycles. The Kier molecular flexibility index (Phi) is 4.94. The predicted octanol–water partition coefficient (Wildman–Crippen LogP) is 4.50. The summed E-state index contributed by atoms with van der Waals surface area (Å²) in [7, 11) is -3.97. The van der Waals surface area contributed by atoms with Gasteiger partial charge in [-0.25, -0.2) is 18.4 Å². The molecule has 5 rings (SSSR count). The van der Waals surface area contributed by atoms with Gasteiger partial charge in [0.25, 0.3) is 0 Å². The molecule has 5 aromatic rings. The minimum atomic E-state index is -3.97. The largest absolute Gasteiger partial charge is 0.382 e. The second-order valence-corrected chi connectivity index (χ2v) is 9.71. The van der Waals surface area contributed by atoms with Crippen molar-refractivity contribution >= 4 is 44.1 Å². The van der Waals surface area contributed by atoms with Crippen LogP contribution in [0.4, 0.5) is 5.82 Å². The maximum absolute atomic E-state index is 13.6. The summed E-state index contributed by atoms with van der Waals surface area (Å²) in [6.07, 6.45) is 1.64. The summed E-state index contributed by atoms with van der Waals surface area (Å²) < 4.78 is 28.6. The van der Waals surface area contributed by atoms with Gasteiger partial charge in [-0.15, -0.1) is 0 Å². The number of sulfone groups is 1. The van der Waals surface area contributed by atoms with Crippen molar-refractivity contribution in [2.75, 3.05) is 5.73 Å². The summed E-state index contributed by atoms with van der Waals surface area (Å²) >= 11 is 0. The topological polar surface area (TPSA) is 103 Å². The molecule has 164 valence electrons. The van der Waals surface area contributed by atoms with Crippen molar-refractivity contribution in [3.8, 4) is 0 Å². The van der Waals surface area contributed by atoms with Crippen molar-refractivity contribution in [3.05, 3.63) is 89.5 Å². The summed E-state index contributed by atoms with van der Waals surface area (Å²) in [4.78, 5) is 9.32. The quantitative estimate of drug-likeness (QED) is 0.402. The lowest BCUT2D eigenvalue weighted by Crippen LogP contribution is -2.06. The molecule has 0 aliphatic carbocycles. The van der Waals surface area contributed by atoms with Crippen LogP contribution in [-0.2, 0) is 9.84 Å². The zero-order valence-electron chi connectivity index (χ0n) is 18.1. The highest BCUT2D eigenvalue weighted by Gasteiger charge is 2.30. The third-order valence-corrected chi connectivity index (χ3v) is 7.36. The summed E-state index contributed by atoms with van der Waals surface area (Å²) in [5, 5.41) is 4.51. The van der Waals surface area contributed by atoms with Gasteiger partial charge in [-0.1, -0.05) is 54.1 Å². The zero-order valence-corrected chi connectivity index (χ0v) is 18.9. The van der Waals surface area contributed by atoms with Crippen LogP contribution in [-0.4, -0.2) is 29.3 Å². The van der Waals surface area contributed by atoms with E-state index in [1.165, 1.54) is 4.68 Å². The zero-order chi connectivity index (χ0) is 23.2. The Morgan fingerprint density at radius 1 is 0.879 bits per heavy atom. The first-order valence-corrected chi connectivity index (χ1v) is 11.8. The maximum Gasteiger partial charge on any atom is 0.212 e. The highest BCUT2D eigenvalue weighted by Crippen LogP contribution is 2.35. The summed E-state index contributed by atoms with van der Waals surface area (Å²) in [6.45, 7) is 3.87. The molecule has 0 aliphatic heterocycles. The number of nitrogens with zero attached hydrogens (tertiary/aromatic N) is 4. The van der Waals surface area contributed by atoms with Crippen LogP contribution in [0.15, 0.2) is 87.7 Å². The number of hydrogen-bond acceptors (Lipinski definition) is 6. The van der Waals surface area contributed by atoms with E-state index >= 15 is 0 Å². The molecule has 0 amide bonds. The van der Waals surface area contributed by atoms with Gasteiger partial charge in [-0.3, -0.25) is 0 Å². The summed E-state index contributed by atoms with van der Waals surface area (Å²) in [6, 6.07) is 21.7. The van der Waals surface area contributed by atoms with Crippen molar-refractivity contribution in [2.24, 2.45) is 5.10 Å². The van der Waals surface area contributed by atoms with Gasteiger partial charge in [0.2, 0.25) is 9.84 Å². The van der Waals surface area contributed by atoms with Gasteiger partial charge in [-0.2, -0.15) is 9.78 Å². The number of fused-ring (bicyclic) bond motifs is 2. The molecular formula is C25H21N5O2S. The molecule has 2 N–H and O–H groups in total. The Hall–Kier alpha value is -4.04. The molecule has 0 fully saturated rings. The first-order valence-electron chi connectivity index (χ1n) is 10.3. The first-order chi connectivity index (χ1) is 15.9. The van der Waals surface area contributed by atoms with Crippen LogP contribution in [0.2, 0.25) is 0 Å². The van der Waals surface area contributed by atoms with Crippen molar-refractivity contribution in [1.29, 1.82) is 0 Å². The van der Waals surface area contributed by atoms with Crippen LogP contribution >= 0.6 is 0 Å². The number of para-hydroxylation sites is 2. The Balaban J connectivity index is 1.81. The van der Waals surface area contributed by atoms with E-state index in [0.29, 0.717) is 11.0 Å². The molecule has 0 saturated heterocycles. The Morgan fingerprint density at radius 3 is 2.21 bits per heavy atom. The SMILES string of the molecule is Cc1ccc(S(=O)(=O)c2c(N)n(N=Cc3ccccc3C)c3nc4ccccc4nc23)cc1. The molecule has 8 heteroatoms. The molecule has 0 aliphatic rings. The smallest absolute Gasteiger partial charge is 0.212 e. The van der Waals surface area contributed by atoms with E-state index in [0.717, 1.165) is 16.7 Å². The van der Waals surface area contributed by atoms with Crippen LogP contribution in [0.1, 0.15) is 16.7 Å². The molecule has 2 aromatic heterocycles. The van der Waals surface area contributed by atoms with Crippen molar-refractivity contribution in [2.45, 2.75) is 23.6 Å². The molecule has 33 heavy (non-hydrogen) atoms. The molecule has 0 radical (unpaired) electrons. The van der Waals surface area contributed by atoms with Crippen LogP contribution in [0, 0.1) is 13.8 Å². The van der Waals surface area contributed by atoms with Gasteiger partial charge >= 0.3 is 0 Å². The summed E-state index contributed by atoms with van der Waals surface area (Å²) in [5.74, 6) is -0.0364. The highest BCUT2D eigenvalue weighted by molar-refractivity contribution is 7.92. The average Bonchev–Trinajstić information content (AvgIpc) is 3.08. The molecule has 0 saturated carbocycles. The molecule has 3 aromatic carbocycles. The van der Waals surface area contributed by atoms with E-state index in [4.69, 9.17) is 5.73 Å². The normalized spacial score (nSPS) is 12.2. The minimum Gasteiger partial charge on any atom is -0.382 e. The standard InChI is InChI=1S/C25H21N5O2S/c1-16-11-13-19(14-12-16)33(31,32)23-22-25(29-21-10-6-5-9-20(21)28-22)30(24(23)26)27-15-18-8-4-3-7-17(18)2/h3-15H,26H2,1-2H3. The molecule has 0 bridgehead atoms. The van der Waals surface area contributed by atoms with E-state index in [1.54, 1.807) is 36.5 Å². The number of anilines is 1. The third-order valence-electron chi connectivity index (χ3n) is 5.53. The first kappa shape index (κ1) is 20.8. The lowest BCUT2D eigenvalue weighted by Gasteiger charge is -2.05. The number of rotatable bonds is 4. The van der Waals surface area contributed by atoms with Crippen LogP contribution in [0.5, 0.6) is 0 Å². The van der Waals surface area contributed by atoms with E-state index in [2.05, 4.69) is 15.1 Å². The molecular weight excluding hydrogens is 434 g/mol. The molecule has 0 unspecified atom stereocenters. The lowest BCUT2D eigenvalue weighted by atomic mass is 10.1. The Labute approximate surface area is 191 Å². The second-order valence-electron chi connectivity index (χ2n) is 7.83. The lowest BCUT2D eigenvalue weighted by molar-refractivity contribution is 0.597. The van der Waals surface area contributed by atoms with Gasteiger partial charge in [0.05, 0.1) is 22.1 Å².